The van der Waals surface area contributed by atoms with Crippen molar-refractivity contribution in [2.75, 3.05) is 6.61 Å². The van der Waals surface area contributed by atoms with Crippen molar-refractivity contribution in [2.45, 2.75) is 51.7 Å². The third-order valence-corrected chi connectivity index (χ3v) is 5.56. The summed E-state index contributed by atoms with van der Waals surface area (Å²) in [5, 5.41) is 10.4. The van der Waals surface area contributed by atoms with Gasteiger partial charge in [0.2, 0.25) is 0 Å². The zero-order valence-electron chi connectivity index (χ0n) is 11.0. The molecular formula is C15H24O2. The van der Waals surface area contributed by atoms with E-state index in [1.54, 1.807) is 0 Å². The van der Waals surface area contributed by atoms with Crippen molar-refractivity contribution in [1.29, 1.82) is 0 Å². The smallest absolute Gasteiger partial charge is 0.0678 e. The molecule has 3 fully saturated rings. The van der Waals surface area contributed by atoms with Gasteiger partial charge in [-0.1, -0.05) is 26.0 Å². The van der Waals surface area contributed by atoms with Crippen LogP contribution in [0, 0.1) is 23.2 Å². The molecule has 1 aliphatic heterocycles. The van der Waals surface area contributed by atoms with Gasteiger partial charge in [0.25, 0.3) is 0 Å². The summed E-state index contributed by atoms with van der Waals surface area (Å²) < 4.78 is 6.11. The summed E-state index contributed by atoms with van der Waals surface area (Å²) in [6.07, 6.45) is 4.36. The van der Waals surface area contributed by atoms with E-state index in [9.17, 15) is 5.11 Å². The molecule has 0 aromatic rings. The summed E-state index contributed by atoms with van der Waals surface area (Å²) in [7, 11) is 0. The largest absolute Gasteiger partial charge is 0.392 e. The molecular weight excluding hydrogens is 212 g/mol. The lowest BCUT2D eigenvalue weighted by molar-refractivity contribution is -0.0442. The summed E-state index contributed by atoms with van der Waals surface area (Å²) in [5.41, 5.74) is 1.36. The lowest BCUT2D eigenvalue weighted by atomic mass is 9.54. The highest BCUT2D eigenvalue weighted by atomic mass is 16.5. The average molecular weight is 236 g/mol. The van der Waals surface area contributed by atoms with Gasteiger partial charge in [0, 0.05) is 11.3 Å². The van der Waals surface area contributed by atoms with E-state index in [4.69, 9.17) is 4.74 Å². The second-order valence-electron chi connectivity index (χ2n) is 6.65. The monoisotopic (exact) mass is 236 g/mol. The van der Waals surface area contributed by atoms with Crippen molar-refractivity contribution >= 4 is 0 Å². The highest BCUT2D eigenvalue weighted by molar-refractivity contribution is 5.22. The van der Waals surface area contributed by atoms with Gasteiger partial charge in [-0.05, 0) is 37.5 Å². The molecule has 2 saturated carbocycles. The maximum Gasteiger partial charge on any atom is 0.0678 e. The van der Waals surface area contributed by atoms with Gasteiger partial charge in [0.15, 0.2) is 0 Å². The molecule has 96 valence electrons. The molecule has 1 N–H and O–H groups in total. The first-order chi connectivity index (χ1) is 8.06. The first kappa shape index (κ1) is 11.7. The van der Waals surface area contributed by atoms with Crippen LogP contribution in [0.3, 0.4) is 0 Å². The molecule has 1 saturated heterocycles. The molecule has 3 aliphatic rings. The van der Waals surface area contributed by atoms with Crippen LogP contribution >= 0.6 is 0 Å². The molecule has 0 aromatic carbocycles. The van der Waals surface area contributed by atoms with Gasteiger partial charge in [0.1, 0.15) is 0 Å². The Balaban J connectivity index is 1.96. The fourth-order valence-corrected chi connectivity index (χ4v) is 4.55. The summed E-state index contributed by atoms with van der Waals surface area (Å²) in [6.45, 7) is 9.61. The lowest BCUT2D eigenvalue weighted by Crippen LogP contribution is -2.51. The molecule has 2 heteroatoms. The average Bonchev–Trinajstić information content (AvgIpc) is 2.57. The van der Waals surface area contributed by atoms with Crippen molar-refractivity contribution < 1.29 is 9.84 Å². The van der Waals surface area contributed by atoms with Crippen LogP contribution in [0.25, 0.3) is 0 Å². The van der Waals surface area contributed by atoms with Crippen LogP contribution in [-0.4, -0.2) is 23.9 Å². The Kier molecular flexibility index (Phi) is 2.64. The van der Waals surface area contributed by atoms with Crippen LogP contribution in [0.4, 0.5) is 0 Å². The van der Waals surface area contributed by atoms with Gasteiger partial charge in [-0.15, -0.1) is 0 Å². The van der Waals surface area contributed by atoms with E-state index in [1.165, 1.54) is 12.0 Å². The van der Waals surface area contributed by atoms with Gasteiger partial charge >= 0.3 is 0 Å². The van der Waals surface area contributed by atoms with Crippen molar-refractivity contribution in [3.8, 4) is 0 Å². The van der Waals surface area contributed by atoms with Crippen LogP contribution in [0.15, 0.2) is 12.2 Å². The number of ether oxygens (including phenoxy) is 1. The van der Waals surface area contributed by atoms with Gasteiger partial charge in [0.05, 0.1) is 18.8 Å². The maximum absolute atomic E-state index is 10.4. The predicted molar refractivity (Wildman–Crippen MR) is 67.6 cm³/mol. The first-order valence-corrected chi connectivity index (χ1v) is 7.03. The Labute approximate surface area is 104 Å². The Morgan fingerprint density at radius 2 is 2.18 bits per heavy atom. The highest BCUT2D eigenvalue weighted by Gasteiger charge is 2.60. The second-order valence-corrected chi connectivity index (χ2v) is 6.65. The Bertz CT molecular complexity index is 336. The molecule has 2 bridgehead atoms. The lowest BCUT2D eigenvalue weighted by Gasteiger charge is -2.50. The second kappa shape index (κ2) is 3.83. The number of rotatable bonds is 1. The highest BCUT2D eigenvalue weighted by Crippen LogP contribution is 2.59. The molecule has 0 amide bonds. The summed E-state index contributed by atoms with van der Waals surface area (Å²) in [5.74, 6) is 1.74. The van der Waals surface area contributed by atoms with Crippen molar-refractivity contribution in [3.05, 3.63) is 12.2 Å². The van der Waals surface area contributed by atoms with E-state index in [2.05, 4.69) is 20.4 Å². The Hall–Kier alpha value is -0.340. The van der Waals surface area contributed by atoms with Crippen LogP contribution in [0.1, 0.15) is 39.5 Å². The molecule has 1 heterocycles. The van der Waals surface area contributed by atoms with Gasteiger partial charge in [-0.2, -0.15) is 0 Å². The SMILES string of the molecule is C=C1CCC(O)C23CCC(C(C)C)C(OC2)C13. The molecule has 3 rings (SSSR count). The molecule has 2 aliphatic carbocycles. The molecule has 0 radical (unpaired) electrons. The zero-order chi connectivity index (χ0) is 12.2. The van der Waals surface area contributed by atoms with Crippen molar-refractivity contribution in [2.24, 2.45) is 23.2 Å². The minimum absolute atomic E-state index is 0.0192. The quantitative estimate of drug-likeness (QED) is 0.709. The van der Waals surface area contributed by atoms with E-state index in [-0.39, 0.29) is 11.5 Å². The summed E-state index contributed by atoms with van der Waals surface area (Å²) >= 11 is 0. The Morgan fingerprint density at radius 3 is 2.88 bits per heavy atom. The third kappa shape index (κ3) is 1.47. The molecule has 2 nitrogen and oxygen atoms in total. The number of hydrogen-bond donors (Lipinski definition) is 1. The molecule has 5 atom stereocenters. The molecule has 5 unspecified atom stereocenters. The first-order valence-electron chi connectivity index (χ1n) is 7.03. The van der Waals surface area contributed by atoms with E-state index in [1.807, 2.05) is 0 Å². The van der Waals surface area contributed by atoms with Gasteiger partial charge < -0.3 is 9.84 Å². The minimum atomic E-state index is -0.170. The van der Waals surface area contributed by atoms with Crippen LogP contribution in [0.2, 0.25) is 0 Å². The standard InChI is InChI=1S/C15H24O2/c1-9(2)11-6-7-15-8-17-14(11)13(15)10(3)4-5-12(15)16/h9,11-14,16H,3-8H2,1-2H3. The van der Waals surface area contributed by atoms with E-state index in [0.717, 1.165) is 25.9 Å². The maximum atomic E-state index is 10.4. The number of aliphatic hydroxyl groups is 1. The van der Waals surface area contributed by atoms with Crippen molar-refractivity contribution in [3.63, 3.8) is 0 Å². The summed E-state index contributed by atoms with van der Waals surface area (Å²) in [6, 6.07) is 0. The predicted octanol–water partition coefficient (Wildman–Crippen LogP) is 2.76. The number of hydrogen-bond acceptors (Lipinski definition) is 2. The summed E-state index contributed by atoms with van der Waals surface area (Å²) in [4.78, 5) is 0. The number of aliphatic hydroxyl groups excluding tert-OH is 1. The van der Waals surface area contributed by atoms with Crippen molar-refractivity contribution in [1.82, 2.24) is 0 Å². The third-order valence-electron chi connectivity index (χ3n) is 5.56. The topological polar surface area (TPSA) is 29.5 Å². The fourth-order valence-electron chi connectivity index (χ4n) is 4.55. The normalized spacial score (nSPS) is 49.5. The fraction of sp³-hybridized carbons (Fsp3) is 0.867. The Morgan fingerprint density at radius 1 is 1.41 bits per heavy atom. The molecule has 17 heavy (non-hydrogen) atoms. The molecule has 0 aromatic heterocycles. The van der Waals surface area contributed by atoms with Crippen LogP contribution < -0.4 is 0 Å². The minimum Gasteiger partial charge on any atom is -0.392 e. The van der Waals surface area contributed by atoms with Crippen LogP contribution in [-0.2, 0) is 4.74 Å². The molecule has 0 spiro atoms. The van der Waals surface area contributed by atoms with Crippen LogP contribution in [0.5, 0.6) is 0 Å². The van der Waals surface area contributed by atoms with Gasteiger partial charge in [-0.3, -0.25) is 0 Å². The van der Waals surface area contributed by atoms with E-state index in [0.29, 0.717) is 23.9 Å². The van der Waals surface area contributed by atoms with Gasteiger partial charge in [-0.25, -0.2) is 0 Å². The van der Waals surface area contributed by atoms with E-state index < -0.39 is 0 Å². The van der Waals surface area contributed by atoms with E-state index >= 15 is 0 Å². The zero-order valence-corrected chi connectivity index (χ0v) is 11.0.